The molecule has 2 atom stereocenters. The fraction of sp³-hybridized carbons (Fsp3) is 0.579. The first-order valence-electron chi connectivity index (χ1n) is 9.11. The summed E-state index contributed by atoms with van der Waals surface area (Å²) in [4.78, 5) is 30.7. The zero-order chi connectivity index (χ0) is 18.8. The Hall–Kier alpha value is -2.12. The smallest absolute Gasteiger partial charge is 0.408 e. The number of benzene rings is 1. The molecule has 1 aromatic carbocycles. The maximum absolute atomic E-state index is 12.8. The number of oxazole rings is 1. The van der Waals surface area contributed by atoms with Crippen LogP contribution in [0.15, 0.2) is 27.4 Å². The average molecular weight is 361 g/mol. The monoisotopic (exact) mass is 361 g/mol. The molecule has 1 aromatic heterocycles. The number of carbonyl (C=O) groups is 1. The lowest BCUT2D eigenvalue weighted by atomic mass is 10.0. The molecule has 2 N–H and O–H groups in total. The summed E-state index contributed by atoms with van der Waals surface area (Å²) in [5, 5.41) is 9.73. The van der Waals surface area contributed by atoms with Crippen molar-refractivity contribution in [3.8, 4) is 0 Å². The molecule has 0 unspecified atom stereocenters. The van der Waals surface area contributed by atoms with Crippen molar-refractivity contribution >= 4 is 17.0 Å². The van der Waals surface area contributed by atoms with Crippen LogP contribution in [0.4, 0.5) is 0 Å². The molecule has 1 aliphatic rings. The number of β-amino-alcohol motifs (C(OH)–C–C–N with tert-alkyl or cyclic N) is 1. The number of hydrogen-bond acceptors (Lipinski definition) is 5. The molecule has 0 aliphatic carbocycles. The zero-order valence-corrected chi connectivity index (χ0v) is 15.6. The Morgan fingerprint density at radius 1 is 1.46 bits per heavy atom. The molecule has 142 valence electrons. The quantitative estimate of drug-likeness (QED) is 0.807. The van der Waals surface area contributed by atoms with Crippen molar-refractivity contribution in [1.82, 2.24) is 14.8 Å². The first kappa shape index (κ1) is 18.7. The average Bonchev–Trinajstić information content (AvgIpc) is 3.15. The predicted molar refractivity (Wildman–Crippen MR) is 99.0 cm³/mol. The van der Waals surface area contributed by atoms with Gasteiger partial charge in [0, 0.05) is 32.7 Å². The van der Waals surface area contributed by atoms with Gasteiger partial charge in [0.05, 0.1) is 18.0 Å². The maximum Gasteiger partial charge on any atom is 0.417 e. The van der Waals surface area contributed by atoms with Gasteiger partial charge in [0.25, 0.3) is 0 Å². The van der Waals surface area contributed by atoms with Crippen LogP contribution in [-0.2, 0) is 11.2 Å². The highest BCUT2D eigenvalue weighted by Gasteiger charge is 2.28. The Labute approximate surface area is 152 Å². The number of rotatable bonds is 6. The topological polar surface area (TPSA) is 89.8 Å². The number of amides is 1. The third-order valence-corrected chi connectivity index (χ3v) is 5.19. The van der Waals surface area contributed by atoms with Crippen LogP contribution >= 0.6 is 0 Å². The van der Waals surface area contributed by atoms with Crippen molar-refractivity contribution in [2.45, 2.75) is 38.8 Å². The number of aliphatic hydroxyl groups is 1. The summed E-state index contributed by atoms with van der Waals surface area (Å²) in [6.45, 7) is 6.55. The number of carbonyl (C=O) groups excluding carboxylic acids is 1. The van der Waals surface area contributed by atoms with E-state index >= 15 is 0 Å². The normalized spacial score (nSPS) is 19.3. The Kier molecular flexibility index (Phi) is 5.48. The molecule has 1 aliphatic heterocycles. The molecule has 0 spiro atoms. The summed E-state index contributed by atoms with van der Waals surface area (Å²) < 4.78 is 5.00. The second kappa shape index (κ2) is 7.63. The number of aromatic amines is 1. The van der Waals surface area contributed by atoms with Crippen LogP contribution in [0.3, 0.4) is 0 Å². The van der Waals surface area contributed by atoms with E-state index in [4.69, 9.17) is 4.42 Å². The Morgan fingerprint density at radius 3 is 2.88 bits per heavy atom. The van der Waals surface area contributed by atoms with Gasteiger partial charge in [0.1, 0.15) is 0 Å². The van der Waals surface area contributed by atoms with Crippen LogP contribution < -0.4 is 5.76 Å². The number of likely N-dealkylation sites (tertiary alicyclic amines) is 1. The fourth-order valence-corrected chi connectivity index (χ4v) is 3.62. The second-order valence-electron chi connectivity index (χ2n) is 7.54. The highest BCUT2D eigenvalue weighted by atomic mass is 16.4. The summed E-state index contributed by atoms with van der Waals surface area (Å²) in [5.41, 5.74) is 1.94. The van der Waals surface area contributed by atoms with Gasteiger partial charge in [-0.05, 0) is 30.0 Å². The van der Waals surface area contributed by atoms with Gasteiger partial charge >= 0.3 is 5.76 Å². The van der Waals surface area contributed by atoms with Crippen LogP contribution in [0, 0.1) is 5.92 Å². The van der Waals surface area contributed by atoms with E-state index < -0.39 is 5.76 Å². The number of aromatic nitrogens is 1. The van der Waals surface area contributed by atoms with E-state index in [1.165, 1.54) is 0 Å². The zero-order valence-electron chi connectivity index (χ0n) is 15.6. The van der Waals surface area contributed by atoms with Gasteiger partial charge in [-0.25, -0.2) is 4.79 Å². The molecular weight excluding hydrogens is 334 g/mol. The van der Waals surface area contributed by atoms with Crippen molar-refractivity contribution in [2.75, 3.05) is 26.7 Å². The van der Waals surface area contributed by atoms with Gasteiger partial charge in [-0.15, -0.1) is 0 Å². The minimum atomic E-state index is -0.492. The molecule has 0 bridgehead atoms. The highest BCUT2D eigenvalue weighted by molar-refractivity contribution is 5.81. The summed E-state index contributed by atoms with van der Waals surface area (Å²) in [5.74, 6) is -0.142. The minimum Gasteiger partial charge on any atom is -0.408 e. The molecule has 26 heavy (non-hydrogen) atoms. The Bertz CT molecular complexity index is 826. The first-order chi connectivity index (χ1) is 12.3. The Morgan fingerprint density at radius 2 is 2.23 bits per heavy atom. The highest BCUT2D eigenvalue weighted by Crippen LogP contribution is 2.18. The molecule has 0 saturated carbocycles. The second-order valence-corrected chi connectivity index (χ2v) is 7.54. The van der Waals surface area contributed by atoms with Crippen molar-refractivity contribution in [2.24, 2.45) is 5.92 Å². The summed E-state index contributed by atoms with van der Waals surface area (Å²) in [6, 6.07) is 5.39. The lowest BCUT2D eigenvalue weighted by molar-refractivity contribution is -0.132. The first-order valence-corrected chi connectivity index (χ1v) is 9.11. The van der Waals surface area contributed by atoms with E-state index in [0.717, 1.165) is 25.1 Å². The van der Waals surface area contributed by atoms with E-state index in [-0.39, 0.29) is 24.5 Å². The molecule has 3 rings (SSSR count). The molecule has 1 saturated heterocycles. The van der Waals surface area contributed by atoms with E-state index in [1.54, 1.807) is 12.1 Å². The predicted octanol–water partition coefficient (Wildman–Crippen LogP) is 1.21. The van der Waals surface area contributed by atoms with Gasteiger partial charge in [-0.1, -0.05) is 19.9 Å². The van der Waals surface area contributed by atoms with Crippen molar-refractivity contribution < 1.29 is 14.3 Å². The lowest BCUT2D eigenvalue weighted by Gasteiger charge is -2.34. The summed E-state index contributed by atoms with van der Waals surface area (Å²) >= 11 is 0. The number of H-pyrrole nitrogens is 1. The van der Waals surface area contributed by atoms with Crippen molar-refractivity contribution in [3.63, 3.8) is 0 Å². The largest absolute Gasteiger partial charge is 0.417 e. The summed E-state index contributed by atoms with van der Waals surface area (Å²) in [7, 11) is 1.84. The molecule has 1 amide bonds. The van der Waals surface area contributed by atoms with Crippen LogP contribution in [0.5, 0.6) is 0 Å². The molecule has 0 radical (unpaired) electrons. The maximum atomic E-state index is 12.8. The standard InChI is InChI=1S/C19H27N3O4/c1-12(2)16(11-22-7-6-14(23)10-22)21(3)18(24)9-13-4-5-17-15(8-13)20-19(25)26-17/h4-5,8,12,14,16,23H,6-7,9-11H2,1-3H3,(H,20,25)/t14-,16+/m0/s1. The van der Waals surface area contributed by atoms with E-state index in [9.17, 15) is 14.7 Å². The summed E-state index contributed by atoms with van der Waals surface area (Å²) in [6.07, 6.45) is 0.810. The SMILES string of the molecule is CC(C)[C@@H](CN1CC[C@H](O)C1)N(C)C(=O)Cc1ccc2oc(=O)[nH]c2c1. The molecule has 1 fully saturated rings. The number of hydrogen-bond donors (Lipinski definition) is 2. The van der Waals surface area contributed by atoms with Gasteiger partial charge in [-0.3, -0.25) is 14.7 Å². The number of aliphatic hydroxyl groups excluding tert-OH is 1. The number of likely N-dealkylation sites (N-methyl/N-ethyl adjacent to an activating group) is 1. The van der Waals surface area contributed by atoms with Crippen molar-refractivity contribution in [1.29, 1.82) is 0 Å². The number of nitrogens with zero attached hydrogens (tertiary/aromatic N) is 2. The molecular formula is C19H27N3O4. The van der Waals surface area contributed by atoms with Gasteiger partial charge in [-0.2, -0.15) is 0 Å². The van der Waals surface area contributed by atoms with Crippen LogP contribution in [0.1, 0.15) is 25.8 Å². The number of fused-ring (bicyclic) bond motifs is 1. The molecule has 2 heterocycles. The molecule has 2 aromatic rings. The molecule has 7 nitrogen and oxygen atoms in total. The van der Waals surface area contributed by atoms with Crippen LogP contribution in [0.25, 0.3) is 11.1 Å². The van der Waals surface area contributed by atoms with E-state index in [2.05, 4.69) is 23.7 Å². The third kappa shape index (κ3) is 4.16. The van der Waals surface area contributed by atoms with Crippen LogP contribution in [0.2, 0.25) is 0 Å². The lowest BCUT2D eigenvalue weighted by Crippen LogP contribution is -2.48. The fourth-order valence-electron chi connectivity index (χ4n) is 3.62. The van der Waals surface area contributed by atoms with Crippen molar-refractivity contribution in [3.05, 3.63) is 34.3 Å². The van der Waals surface area contributed by atoms with Gasteiger partial charge in [0.15, 0.2) is 5.58 Å². The molecule has 7 heteroatoms. The van der Waals surface area contributed by atoms with E-state index in [1.807, 2.05) is 18.0 Å². The minimum absolute atomic E-state index is 0.0358. The Balaban J connectivity index is 1.68. The van der Waals surface area contributed by atoms with Crippen LogP contribution in [-0.4, -0.2) is 64.6 Å². The van der Waals surface area contributed by atoms with Gasteiger partial charge in [0.2, 0.25) is 5.91 Å². The van der Waals surface area contributed by atoms with E-state index in [0.29, 0.717) is 23.6 Å². The third-order valence-electron chi connectivity index (χ3n) is 5.19. The van der Waals surface area contributed by atoms with Gasteiger partial charge < -0.3 is 14.4 Å². The number of nitrogens with one attached hydrogen (secondary N) is 1.